The van der Waals surface area contributed by atoms with E-state index in [9.17, 15) is 0 Å². The van der Waals surface area contributed by atoms with Crippen LogP contribution < -0.4 is 5.32 Å². The third-order valence-electron chi connectivity index (χ3n) is 4.34. The summed E-state index contributed by atoms with van der Waals surface area (Å²) in [5, 5.41) is 3.55. The van der Waals surface area contributed by atoms with Gasteiger partial charge in [-0.1, -0.05) is 30.3 Å². The van der Waals surface area contributed by atoms with Crippen LogP contribution in [0.1, 0.15) is 24.8 Å². The Balaban J connectivity index is 1.40. The van der Waals surface area contributed by atoms with Crippen LogP contribution in [0.5, 0.6) is 0 Å². The van der Waals surface area contributed by atoms with Crippen molar-refractivity contribution < 1.29 is 4.74 Å². The molecule has 1 heterocycles. The normalized spacial score (nSPS) is 27.4. The van der Waals surface area contributed by atoms with Crippen LogP contribution in [0.3, 0.4) is 0 Å². The zero-order valence-electron chi connectivity index (χ0n) is 11.6. The van der Waals surface area contributed by atoms with Gasteiger partial charge in [-0.05, 0) is 24.8 Å². The molecule has 0 radical (unpaired) electrons. The van der Waals surface area contributed by atoms with E-state index in [-0.39, 0.29) is 0 Å². The summed E-state index contributed by atoms with van der Waals surface area (Å²) in [5.41, 5.74) is 1.36. The molecular weight excluding hydrogens is 236 g/mol. The van der Waals surface area contributed by atoms with Crippen LogP contribution in [0.15, 0.2) is 30.3 Å². The first kappa shape index (κ1) is 13.1. The topological polar surface area (TPSA) is 24.5 Å². The molecule has 2 atom stereocenters. The van der Waals surface area contributed by atoms with E-state index in [1.807, 2.05) is 0 Å². The smallest absolute Gasteiger partial charge is 0.0730 e. The van der Waals surface area contributed by atoms with Crippen LogP contribution in [0.25, 0.3) is 0 Å². The summed E-state index contributed by atoms with van der Waals surface area (Å²) >= 11 is 0. The van der Waals surface area contributed by atoms with Gasteiger partial charge in [-0.2, -0.15) is 0 Å². The summed E-state index contributed by atoms with van der Waals surface area (Å²) < 4.78 is 5.85. The van der Waals surface area contributed by atoms with Crippen molar-refractivity contribution in [3.05, 3.63) is 35.9 Å². The summed E-state index contributed by atoms with van der Waals surface area (Å²) in [5.74, 6) is 0. The van der Waals surface area contributed by atoms with Crippen LogP contribution in [-0.4, -0.2) is 43.3 Å². The maximum atomic E-state index is 5.85. The van der Waals surface area contributed by atoms with Gasteiger partial charge in [0.05, 0.1) is 12.7 Å². The zero-order chi connectivity index (χ0) is 12.9. The van der Waals surface area contributed by atoms with Crippen LogP contribution in [-0.2, 0) is 11.3 Å². The van der Waals surface area contributed by atoms with Crippen molar-refractivity contribution in [2.75, 3.05) is 26.2 Å². The average Bonchev–Trinajstić information content (AvgIpc) is 2.94. The Morgan fingerprint density at radius 1 is 1.21 bits per heavy atom. The fourth-order valence-electron chi connectivity index (χ4n) is 3.33. The second kappa shape index (κ2) is 6.51. The number of hydrogen-bond acceptors (Lipinski definition) is 3. The molecule has 0 amide bonds. The van der Waals surface area contributed by atoms with Gasteiger partial charge in [0.2, 0.25) is 0 Å². The molecule has 1 saturated heterocycles. The third kappa shape index (κ3) is 3.35. The van der Waals surface area contributed by atoms with Gasteiger partial charge in [-0.15, -0.1) is 0 Å². The van der Waals surface area contributed by atoms with E-state index in [2.05, 4.69) is 40.5 Å². The van der Waals surface area contributed by atoms with Crippen molar-refractivity contribution >= 4 is 0 Å². The van der Waals surface area contributed by atoms with Crippen molar-refractivity contribution in [1.82, 2.24) is 10.2 Å². The molecule has 0 aromatic heterocycles. The molecule has 0 bridgehead atoms. The molecule has 1 saturated carbocycles. The monoisotopic (exact) mass is 260 g/mol. The number of ether oxygens (including phenoxy) is 1. The minimum absolute atomic E-state index is 0.517. The van der Waals surface area contributed by atoms with Crippen LogP contribution in [0.2, 0.25) is 0 Å². The molecular formula is C16H24N2O. The van der Waals surface area contributed by atoms with Crippen LogP contribution >= 0.6 is 0 Å². The lowest BCUT2D eigenvalue weighted by Gasteiger charge is -2.37. The fourth-order valence-corrected chi connectivity index (χ4v) is 3.33. The van der Waals surface area contributed by atoms with Gasteiger partial charge in [-0.25, -0.2) is 0 Å². The maximum Gasteiger partial charge on any atom is 0.0730 e. The lowest BCUT2D eigenvalue weighted by molar-refractivity contribution is -0.0548. The lowest BCUT2D eigenvalue weighted by atomic mass is 10.1. The number of morpholine rings is 1. The summed E-state index contributed by atoms with van der Waals surface area (Å²) in [6.07, 6.45) is 4.44. The highest BCUT2D eigenvalue weighted by atomic mass is 16.5. The quantitative estimate of drug-likeness (QED) is 0.820. The van der Waals surface area contributed by atoms with Crippen LogP contribution in [0, 0.1) is 0 Å². The van der Waals surface area contributed by atoms with Crippen molar-refractivity contribution in [3.8, 4) is 0 Å². The Morgan fingerprint density at radius 3 is 3.00 bits per heavy atom. The summed E-state index contributed by atoms with van der Waals surface area (Å²) in [7, 11) is 0. The predicted molar refractivity (Wildman–Crippen MR) is 77.1 cm³/mol. The first-order valence-corrected chi connectivity index (χ1v) is 7.54. The van der Waals surface area contributed by atoms with E-state index in [4.69, 9.17) is 4.74 Å². The van der Waals surface area contributed by atoms with Gasteiger partial charge in [0.1, 0.15) is 0 Å². The summed E-state index contributed by atoms with van der Waals surface area (Å²) in [6, 6.07) is 11.3. The Morgan fingerprint density at radius 2 is 2.11 bits per heavy atom. The zero-order valence-corrected chi connectivity index (χ0v) is 11.6. The third-order valence-corrected chi connectivity index (χ3v) is 4.34. The fraction of sp³-hybridized carbons (Fsp3) is 0.625. The first-order chi connectivity index (χ1) is 9.43. The summed E-state index contributed by atoms with van der Waals surface area (Å²) in [6.45, 7) is 5.21. The van der Waals surface area contributed by atoms with Crippen LogP contribution in [0.4, 0.5) is 0 Å². The molecule has 19 heavy (non-hydrogen) atoms. The van der Waals surface area contributed by atoms with Gasteiger partial charge < -0.3 is 10.1 Å². The number of fused-ring (bicyclic) bond motifs is 1. The largest absolute Gasteiger partial charge is 0.375 e. The van der Waals surface area contributed by atoms with Gasteiger partial charge in [0, 0.05) is 32.2 Å². The lowest BCUT2D eigenvalue weighted by Crippen LogP contribution is -2.50. The molecule has 2 unspecified atom stereocenters. The van der Waals surface area contributed by atoms with Crippen molar-refractivity contribution in [2.24, 2.45) is 0 Å². The second-order valence-electron chi connectivity index (χ2n) is 5.61. The Hall–Kier alpha value is -0.900. The molecule has 2 aliphatic rings. The Kier molecular flexibility index (Phi) is 4.49. The highest BCUT2D eigenvalue weighted by molar-refractivity contribution is 5.14. The molecule has 3 heteroatoms. The van der Waals surface area contributed by atoms with E-state index < -0.39 is 0 Å². The number of nitrogens with one attached hydrogen (secondary N) is 1. The molecule has 104 valence electrons. The van der Waals surface area contributed by atoms with Gasteiger partial charge in [0.25, 0.3) is 0 Å². The average molecular weight is 260 g/mol. The molecule has 2 fully saturated rings. The molecule has 1 aliphatic heterocycles. The highest BCUT2D eigenvalue weighted by Crippen LogP contribution is 2.29. The van der Waals surface area contributed by atoms with E-state index in [0.29, 0.717) is 12.1 Å². The van der Waals surface area contributed by atoms with E-state index in [1.165, 1.54) is 24.8 Å². The molecule has 3 rings (SSSR count). The van der Waals surface area contributed by atoms with Crippen molar-refractivity contribution in [1.29, 1.82) is 0 Å². The molecule has 1 aliphatic carbocycles. The maximum absolute atomic E-state index is 5.85. The van der Waals surface area contributed by atoms with E-state index in [0.717, 1.165) is 32.8 Å². The number of rotatable bonds is 5. The van der Waals surface area contributed by atoms with Gasteiger partial charge >= 0.3 is 0 Å². The SMILES string of the molecule is c1ccc(CNCCN2CCOC3CCCC32)cc1. The van der Waals surface area contributed by atoms with Crippen molar-refractivity contribution in [2.45, 2.75) is 38.0 Å². The number of benzene rings is 1. The number of hydrogen-bond donors (Lipinski definition) is 1. The second-order valence-corrected chi connectivity index (χ2v) is 5.61. The highest BCUT2D eigenvalue weighted by Gasteiger charge is 2.35. The van der Waals surface area contributed by atoms with E-state index >= 15 is 0 Å². The first-order valence-electron chi connectivity index (χ1n) is 7.54. The molecule has 1 N–H and O–H groups in total. The molecule has 0 spiro atoms. The molecule has 1 aromatic carbocycles. The minimum Gasteiger partial charge on any atom is -0.375 e. The van der Waals surface area contributed by atoms with Gasteiger partial charge in [-0.3, -0.25) is 4.90 Å². The number of nitrogens with zero attached hydrogens (tertiary/aromatic N) is 1. The molecule has 3 nitrogen and oxygen atoms in total. The standard InChI is InChI=1S/C16H24N2O/c1-2-5-14(6-3-1)13-17-9-10-18-11-12-19-16-8-4-7-15(16)18/h1-3,5-6,15-17H,4,7-13H2. The minimum atomic E-state index is 0.517. The summed E-state index contributed by atoms with van der Waals surface area (Å²) in [4.78, 5) is 2.62. The Bertz CT molecular complexity index is 382. The predicted octanol–water partition coefficient (Wildman–Crippen LogP) is 2.03. The van der Waals surface area contributed by atoms with Gasteiger partial charge in [0.15, 0.2) is 0 Å². The Labute approximate surface area is 115 Å². The molecule has 1 aromatic rings. The van der Waals surface area contributed by atoms with Crippen molar-refractivity contribution in [3.63, 3.8) is 0 Å². The van der Waals surface area contributed by atoms with E-state index in [1.54, 1.807) is 0 Å².